The third kappa shape index (κ3) is 4.31. The molecular weight excluding hydrogens is 261 g/mol. The normalized spacial score (nSPS) is 11.6. The highest BCUT2D eigenvalue weighted by molar-refractivity contribution is 5.87. The zero-order chi connectivity index (χ0) is 14.5. The second kappa shape index (κ2) is 6.26. The van der Waals surface area contributed by atoms with Crippen molar-refractivity contribution in [2.75, 3.05) is 13.7 Å². The molecule has 0 aliphatic rings. The Hall–Kier alpha value is -1.98. The number of benzene rings is 1. The van der Waals surface area contributed by atoms with E-state index in [-0.39, 0.29) is 17.9 Å². The largest absolute Gasteiger partial charge is 0.496 e. The molecule has 1 rings (SSSR count). The Bertz CT molecular complexity index is 479. The lowest BCUT2D eigenvalue weighted by atomic mass is 10.1. The summed E-state index contributed by atoms with van der Waals surface area (Å²) in [5.74, 6) is -0.868. The zero-order valence-corrected chi connectivity index (χ0v) is 10.5. The van der Waals surface area contributed by atoms with Crippen LogP contribution in [0.3, 0.4) is 0 Å². The van der Waals surface area contributed by atoms with Crippen molar-refractivity contribution < 1.29 is 27.4 Å². The van der Waals surface area contributed by atoms with Crippen LogP contribution in [0.15, 0.2) is 24.3 Å². The van der Waals surface area contributed by atoms with Gasteiger partial charge in [0.05, 0.1) is 19.3 Å². The van der Waals surface area contributed by atoms with Crippen LogP contribution in [-0.2, 0) is 15.7 Å². The highest BCUT2D eigenvalue weighted by Gasteiger charge is 2.34. The molecule has 0 aliphatic carbocycles. The first-order valence-corrected chi connectivity index (χ1v) is 5.48. The van der Waals surface area contributed by atoms with Crippen LogP contribution in [0, 0.1) is 0 Å². The van der Waals surface area contributed by atoms with Crippen molar-refractivity contribution in [1.82, 2.24) is 0 Å². The fraction of sp³-hybridized carbons (Fsp3) is 0.308. The Morgan fingerprint density at radius 2 is 2.05 bits per heavy atom. The first-order valence-electron chi connectivity index (χ1n) is 5.48. The number of esters is 1. The van der Waals surface area contributed by atoms with Gasteiger partial charge in [0.2, 0.25) is 0 Å². The average Bonchev–Trinajstić information content (AvgIpc) is 2.35. The lowest BCUT2D eigenvalue weighted by Gasteiger charge is -2.12. The van der Waals surface area contributed by atoms with Crippen LogP contribution >= 0.6 is 0 Å². The molecule has 0 saturated heterocycles. The molecule has 0 heterocycles. The van der Waals surface area contributed by atoms with Gasteiger partial charge in [0.25, 0.3) is 0 Å². The predicted molar refractivity (Wildman–Crippen MR) is 63.7 cm³/mol. The van der Waals surface area contributed by atoms with Gasteiger partial charge in [0.1, 0.15) is 5.75 Å². The van der Waals surface area contributed by atoms with Gasteiger partial charge < -0.3 is 9.47 Å². The van der Waals surface area contributed by atoms with Crippen LogP contribution in [0.1, 0.15) is 18.1 Å². The minimum atomic E-state index is -4.51. The Balaban J connectivity index is 3.02. The van der Waals surface area contributed by atoms with E-state index in [1.165, 1.54) is 25.3 Å². The molecule has 19 heavy (non-hydrogen) atoms. The van der Waals surface area contributed by atoms with Crippen molar-refractivity contribution in [3.8, 4) is 5.75 Å². The molecule has 0 fully saturated rings. The summed E-state index contributed by atoms with van der Waals surface area (Å²) in [5.41, 5.74) is -0.651. The lowest BCUT2D eigenvalue weighted by Crippen LogP contribution is -2.07. The van der Waals surface area contributed by atoms with Gasteiger partial charge in [0, 0.05) is 6.08 Å². The first-order chi connectivity index (χ1) is 8.88. The number of halogens is 3. The lowest BCUT2D eigenvalue weighted by molar-refractivity contribution is -0.139. The van der Waals surface area contributed by atoms with Crippen LogP contribution in [0.5, 0.6) is 5.75 Å². The third-order valence-corrected chi connectivity index (χ3v) is 2.23. The van der Waals surface area contributed by atoms with Gasteiger partial charge in [-0.15, -0.1) is 0 Å². The molecule has 6 heteroatoms. The number of hydrogen-bond donors (Lipinski definition) is 0. The summed E-state index contributed by atoms with van der Waals surface area (Å²) in [6.07, 6.45) is -2.18. The van der Waals surface area contributed by atoms with Crippen LogP contribution in [0.4, 0.5) is 13.2 Å². The molecule has 1 aromatic rings. The first kappa shape index (κ1) is 15.1. The number of carbonyl (C=O) groups excluding carboxylic acids is 1. The molecule has 0 N–H and O–H groups in total. The second-order valence-corrected chi connectivity index (χ2v) is 3.54. The third-order valence-electron chi connectivity index (χ3n) is 2.23. The molecule has 0 saturated carbocycles. The standard InChI is InChI=1S/C13H13F3O3/c1-3-19-12(17)7-5-9-4-6-11(18-2)10(8-9)13(14,15)16/h4-8H,3H2,1-2H3. The van der Waals surface area contributed by atoms with E-state index in [1.54, 1.807) is 6.92 Å². The molecular formula is C13H13F3O3. The number of alkyl halides is 3. The van der Waals surface area contributed by atoms with Crippen molar-refractivity contribution in [2.24, 2.45) is 0 Å². The second-order valence-electron chi connectivity index (χ2n) is 3.54. The molecule has 0 unspecified atom stereocenters. The van der Waals surface area contributed by atoms with Crippen molar-refractivity contribution in [1.29, 1.82) is 0 Å². The number of ether oxygens (including phenoxy) is 2. The molecule has 0 spiro atoms. The highest BCUT2D eigenvalue weighted by Crippen LogP contribution is 2.36. The number of carbonyl (C=O) groups is 1. The Labute approximate surface area is 108 Å². The summed E-state index contributed by atoms with van der Waals surface area (Å²) in [7, 11) is 1.17. The molecule has 0 bridgehead atoms. The molecule has 104 valence electrons. The van der Waals surface area contributed by atoms with Crippen LogP contribution in [0.25, 0.3) is 6.08 Å². The van der Waals surface area contributed by atoms with Gasteiger partial charge in [-0.05, 0) is 30.7 Å². The molecule has 0 radical (unpaired) electrons. The number of hydrogen-bond acceptors (Lipinski definition) is 3. The molecule has 0 aromatic heterocycles. The van der Waals surface area contributed by atoms with Crippen molar-refractivity contribution in [2.45, 2.75) is 13.1 Å². The molecule has 0 aliphatic heterocycles. The Morgan fingerprint density at radius 3 is 2.58 bits per heavy atom. The smallest absolute Gasteiger partial charge is 0.419 e. The van der Waals surface area contributed by atoms with Gasteiger partial charge in [-0.25, -0.2) is 4.79 Å². The topological polar surface area (TPSA) is 35.5 Å². The predicted octanol–water partition coefficient (Wildman–Crippen LogP) is 3.29. The van der Waals surface area contributed by atoms with Crippen molar-refractivity contribution in [3.05, 3.63) is 35.4 Å². The number of methoxy groups -OCH3 is 1. The fourth-order valence-electron chi connectivity index (χ4n) is 1.41. The molecule has 1 aromatic carbocycles. The Kier molecular flexibility index (Phi) is 4.97. The summed E-state index contributed by atoms with van der Waals surface area (Å²) in [4.78, 5) is 11.1. The maximum absolute atomic E-state index is 12.7. The van der Waals surface area contributed by atoms with Crippen molar-refractivity contribution in [3.63, 3.8) is 0 Å². The van der Waals surface area contributed by atoms with E-state index in [0.29, 0.717) is 0 Å². The monoisotopic (exact) mass is 274 g/mol. The van der Waals surface area contributed by atoms with Crippen LogP contribution in [-0.4, -0.2) is 19.7 Å². The van der Waals surface area contributed by atoms with E-state index in [0.717, 1.165) is 12.1 Å². The summed E-state index contributed by atoms with van der Waals surface area (Å²) in [5, 5.41) is 0. The number of rotatable bonds is 4. The summed E-state index contributed by atoms with van der Waals surface area (Å²) in [6.45, 7) is 1.85. The van der Waals surface area contributed by atoms with Gasteiger partial charge >= 0.3 is 12.1 Å². The maximum atomic E-state index is 12.7. The fourth-order valence-corrected chi connectivity index (χ4v) is 1.41. The summed E-state index contributed by atoms with van der Waals surface area (Å²) < 4.78 is 47.5. The van der Waals surface area contributed by atoms with Crippen LogP contribution in [0.2, 0.25) is 0 Å². The molecule has 0 amide bonds. The SMILES string of the molecule is CCOC(=O)C=Cc1ccc(OC)c(C(F)(F)F)c1. The average molecular weight is 274 g/mol. The highest BCUT2D eigenvalue weighted by atomic mass is 19.4. The summed E-state index contributed by atoms with van der Waals surface area (Å²) >= 11 is 0. The van der Waals surface area contributed by atoms with Gasteiger partial charge in [0.15, 0.2) is 0 Å². The van der Waals surface area contributed by atoms with Crippen molar-refractivity contribution >= 4 is 12.0 Å². The quantitative estimate of drug-likeness (QED) is 0.624. The molecule has 3 nitrogen and oxygen atoms in total. The molecule has 0 atom stereocenters. The summed E-state index contributed by atoms with van der Waals surface area (Å²) in [6, 6.07) is 3.53. The minimum absolute atomic E-state index is 0.208. The van der Waals surface area contributed by atoms with Gasteiger partial charge in [-0.1, -0.05) is 6.07 Å². The van der Waals surface area contributed by atoms with E-state index in [1.807, 2.05) is 0 Å². The van der Waals surface area contributed by atoms with Crippen LogP contribution < -0.4 is 4.74 Å². The van der Waals surface area contributed by atoms with Gasteiger partial charge in [-0.3, -0.25) is 0 Å². The van der Waals surface area contributed by atoms with E-state index in [4.69, 9.17) is 0 Å². The van der Waals surface area contributed by atoms with E-state index >= 15 is 0 Å². The minimum Gasteiger partial charge on any atom is -0.496 e. The van der Waals surface area contributed by atoms with E-state index < -0.39 is 17.7 Å². The maximum Gasteiger partial charge on any atom is 0.419 e. The zero-order valence-electron chi connectivity index (χ0n) is 10.5. The van der Waals surface area contributed by atoms with E-state index in [9.17, 15) is 18.0 Å². The van der Waals surface area contributed by atoms with E-state index in [2.05, 4.69) is 9.47 Å². The van der Waals surface area contributed by atoms with Gasteiger partial charge in [-0.2, -0.15) is 13.2 Å². The Morgan fingerprint density at radius 1 is 1.37 bits per heavy atom.